The Kier molecular flexibility index (Phi) is 2.15. The Morgan fingerprint density at radius 2 is 1.80 bits per heavy atom. The van der Waals surface area contributed by atoms with Gasteiger partial charge in [-0.15, -0.1) is 0 Å². The summed E-state index contributed by atoms with van der Waals surface area (Å²) < 4.78 is 16.7. The summed E-state index contributed by atoms with van der Waals surface area (Å²) in [6.07, 6.45) is 0. The van der Waals surface area contributed by atoms with E-state index in [2.05, 4.69) is 0 Å². The summed E-state index contributed by atoms with van der Waals surface area (Å²) in [5.74, 6) is 0.709. The molecule has 1 heterocycles. The molecule has 5 nitrogen and oxygen atoms in total. The first kappa shape index (κ1) is 9.64. The molecule has 5 heteroatoms. The highest BCUT2D eigenvalue weighted by Crippen LogP contribution is 2.31. The van der Waals surface area contributed by atoms with Gasteiger partial charge in [0.05, 0.1) is 19.7 Å². The van der Waals surface area contributed by atoms with Gasteiger partial charge in [-0.05, 0) is 0 Å². The minimum Gasteiger partial charge on any atom is -0.493 e. The van der Waals surface area contributed by atoms with Crippen LogP contribution in [0, 0.1) is 0 Å². The van der Waals surface area contributed by atoms with Crippen molar-refractivity contribution < 1.29 is 13.9 Å². The molecule has 0 radical (unpaired) electrons. The van der Waals surface area contributed by atoms with Gasteiger partial charge in [0.25, 0.3) is 0 Å². The Morgan fingerprint density at radius 3 is 2.40 bits per heavy atom. The number of ether oxygens (including phenoxy) is 2. The molecule has 0 fully saturated rings. The first-order valence-electron chi connectivity index (χ1n) is 4.39. The zero-order valence-electron chi connectivity index (χ0n) is 8.73. The highest BCUT2D eigenvalue weighted by atomic mass is 16.5. The molecule has 0 saturated heterocycles. The van der Waals surface area contributed by atoms with Crippen molar-refractivity contribution in [1.29, 1.82) is 0 Å². The molecule has 0 aliphatic heterocycles. The van der Waals surface area contributed by atoms with E-state index in [1.54, 1.807) is 26.3 Å². The van der Waals surface area contributed by atoms with Crippen molar-refractivity contribution in [3.8, 4) is 11.5 Å². The molecule has 15 heavy (non-hydrogen) atoms. The molecule has 0 atom stereocenters. The topological polar surface area (TPSA) is 53.6 Å². The van der Waals surface area contributed by atoms with E-state index in [4.69, 9.17) is 13.9 Å². The van der Waals surface area contributed by atoms with Gasteiger partial charge in [-0.1, -0.05) is 0 Å². The summed E-state index contributed by atoms with van der Waals surface area (Å²) in [7, 11) is 4.71. The number of methoxy groups -OCH3 is 2. The summed E-state index contributed by atoms with van der Waals surface area (Å²) in [5.41, 5.74) is 1.16. The number of hydrogen-bond acceptors (Lipinski definition) is 4. The molecule has 0 amide bonds. The van der Waals surface area contributed by atoms with E-state index in [1.807, 2.05) is 0 Å². The van der Waals surface area contributed by atoms with Crippen LogP contribution in [0.3, 0.4) is 0 Å². The minimum absolute atomic E-state index is 0.402. The second kappa shape index (κ2) is 3.34. The molecule has 0 aliphatic carbocycles. The number of aryl methyl sites for hydroxylation is 1. The van der Waals surface area contributed by atoms with Gasteiger partial charge in [0.2, 0.25) is 0 Å². The number of nitrogens with zero attached hydrogens (tertiary/aromatic N) is 1. The van der Waals surface area contributed by atoms with E-state index >= 15 is 0 Å². The first-order valence-corrected chi connectivity index (χ1v) is 4.39. The average molecular weight is 209 g/mol. The van der Waals surface area contributed by atoms with Crippen molar-refractivity contribution in [3.63, 3.8) is 0 Å². The molecule has 0 bridgehead atoms. The lowest BCUT2D eigenvalue weighted by molar-refractivity contribution is 0.355. The SMILES string of the molecule is COc1cc2oc(=O)n(C)c2cc1OC. The molecule has 0 spiro atoms. The fourth-order valence-corrected chi connectivity index (χ4v) is 1.45. The molecular weight excluding hydrogens is 198 g/mol. The molecule has 0 saturated carbocycles. The van der Waals surface area contributed by atoms with Gasteiger partial charge >= 0.3 is 5.76 Å². The predicted molar refractivity (Wildman–Crippen MR) is 54.6 cm³/mol. The fraction of sp³-hybridized carbons (Fsp3) is 0.300. The zero-order valence-corrected chi connectivity index (χ0v) is 8.73. The van der Waals surface area contributed by atoms with Crippen LogP contribution in [0.2, 0.25) is 0 Å². The summed E-state index contributed by atoms with van der Waals surface area (Å²) in [6.45, 7) is 0. The third-order valence-corrected chi connectivity index (χ3v) is 2.30. The van der Waals surface area contributed by atoms with E-state index < -0.39 is 5.76 Å². The number of aromatic nitrogens is 1. The zero-order chi connectivity index (χ0) is 11.0. The molecule has 1 aromatic carbocycles. The van der Waals surface area contributed by atoms with Crippen molar-refractivity contribution in [1.82, 2.24) is 4.57 Å². The molecule has 0 N–H and O–H groups in total. The Hall–Kier alpha value is -1.91. The van der Waals surface area contributed by atoms with Crippen LogP contribution in [0.15, 0.2) is 21.3 Å². The smallest absolute Gasteiger partial charge is 0.419 e. The highest BCUT2D eigenvalue weighted by molar-refractivity contribution is 5.77. The molecular formula is C10H11NO4. The van der Waals surface area contributed by atoms with Gasteiger partial charge in [-0.3, -0.25) is 4.57 Å². The maximum atomic E-state index is 11.3. The van der Waals surface area contributed by atoms with Crippen molar-refractivity contribution in [2.24, 2.45) is 7.05 Å². The van der Waals surface area contributed by atoms with E-state index in [0.29, 0.717) is 22.6 Å². The average Bonchev–Trinajstić information content (AvgIpc) is 2.53. The van der Waals surface area contributed by atoms with E-state index in [-0.39, 0.29) is 0 Å². The summed E-state index contributed by atoms with van der Waals surface area (Å²) in [6, 6.07) is 3.34. The van der Waals surface area contributed by atoms with Crippen LogP contribution >= 0.6 is 0 Å². The van der Waals surface area contributed by atoms with Crippen molar-refractivity contribution in [3.05, 3.63) is 22.7 Å². The van der Waals surface area contributed by atoms with Crippen LogP contribution in [0.4, 0.5) is 0 Å². The Bertz CT molecular complexity index is 552. The summed E-state index contributed by atoms with van der Waals surface area (Å²) >= 11 is 0. The van der Waals surface area contributed by atoms with Gasteiger partial charge in [0, 0.05) is 19.2 Å². The molecule has 0 unspecified atom stereocenters. The molecule has 2 aromatic rings. The largest absolute Gasteiger partial charge is 0.493 e. The molecule has 0 aliphatic rings. The summed E-state index contributed by atoms with van der Waals surface area (Å²) in [5, 5.41) is 0. The fourth-order valence-electron chi connectivity index (χ4n) is 1.45. The van der Waals surface area contributed by atoms with Crippen molar-refractivity contribution >= 4 is 11.1 Å². The second-order valence-corrected chi connectivity index (χ2v) is 3.10. The van der Waals surface area contributed by atoms with Crippen molar-refractivity contribution in [2.75, 3.05) is 14.2 Å². The van der Waals surface area contributed by atoms with Gasteiger partial charge in [-0.25, -0.2) is 4.79 Å². The van der Waals surface area contributed by atoms with Gasteiger partial charge < -0.3 is 13.9 Å². The third-order valence-electron chi connectivity index (χ3n) is 2.30. The predicted octanol–water partition coefficient (Wildman–Crippen LogP) is 1.15. The molecule has 2 rings (SSSR count). The maximum Gasteiger partial charge on any atom is 0.419 e. The van der Waals surface area contributed by atoms with Gasteiger partial charge in [0.15, 0.2) is 17.1 Å². The number of fused-ring (bicyclic) bond motifs is 1. The number of benzene rings is 1. The second-order valence-electron chi connectivity index (χ2n) is 3.10. The number of hydrogen-bond donors (Lipinski definition) is 0. The van der Waals surface area contributed by atoms with Crippen LogP contribution in [0.25, 0.3) is 11.1 Å². The monoisotopic (exact) mass is 209 g/mol. The molecule has 80 valence electrons. The molecule has 1 aromatic heterocycles. The van der Waals surface area contributed by atoms with Crippen molar-refractivity contribution in [2.45, 2.75) is 0 Å². The lowest BCUT2D eigenvalue weighted by atomic mass is 10.3. The quantitative estimate of drug-likeness (QED) is 0.744. The number of rotatable bonds is 2. The van der Waals surface area contributed by atoms with Crippen LogP contribution in [0.1, 0.15) is 0 Å². The minimum atomic E-state index is -0.402. The van der Waals surface area contributed by atoms with Crippen LogP contribution in [-0.2, 0) is 7.05 Å². The Morgan fingerprint density at radius 1 is 1.20 bits per heavy atom. The Labute approximate surface area is 85.8 Å². The third kappa shape index (κ3) is 1.36. The maximum absolute atomic E-state index is 11.3. The summed E-state index contributed by atoms with van der Waals surface area (Å²) in [4.78, 5) is 11.3. The standard InChI is InChI=1S/C10H11NO4/c1-11-6-4-8(13-2)9(14-3)5-7(6)15-10(11)12/h4-5H,1-3H3. The van der Waals surface area contributed by atoms with E-state index in [0.717, 1.165) is 0 Å². The number of oxazole rings is 1. The van der Waals surface area contributed by atoms with Gasteiger partial charge in [0.1, 0.15) is 0 Å². The van der Waals surface area contributed by atoms with E-state index in [1.165, 1.54) is 11.7 Å². The Balaban J connectivity index is 2.81. The van der Waals surface area contributed by atoms with Gasteiger partial charge in [-0.2, -0.15) is 0 Å². The lowest BCUT2D eigenvalue weighted by Crippen LogP contribution is -2.08. The van der Waals surface area contributed by atoms with Crippen LogP contribution in [-0.4, -0.2) is 18.8 Å². The van der Waals surface area contributed by atoms with Crippen LogP contribution in [0.5, 0.6) is 11.5 Å². The normalized spacial score (nSPS) is 10.6. The first-order chi connectivity index (χ1) is 7.17. The highest BCUT2D eigenvalue weighted by Gasteiger charge is 2.11. The lowest BCUT2D eigenvalue weighted by Gasteiger charge is -2.06. The van der Waals surface area contributed by atoms with Crippen LogP contribution < -0.4 is 15.2 Å². The van der Waals surface area contributed by atoms with E-state index in [9.17, 15) is 4.79 Å².